The smallest absolute Gasteiger partial charge is 0.272 e. The first kappa shape index (κ1) is 20.8. The van der Waals surface area contributed by atoms with Gasteiger partial charge in [0, 0.05) is 25.0 Å². The number of nitrogens with one attached hydrogen (secondary N) is 2. The van der Waals surface area contributed by atoms with E-state index in [1.165, 1.54) is 46.8 Å². The largest absolute Gasteiger partial charge is 0.368 e. The van der Waals surface area contributed by atoms with Crippen molar-refractivity contribution in [2.75, 3.05) is 24.4 Å². The van der Waals surface area contributed by atoms with Crippen LogP contribution in [0.5, 0.6) is 0 Å². The van der Waals surface area contributed by atoms with Gasteiger partial charge in [-0.25, -0.2) is 12.8 Å². The maximum Gasteiger partial charge on any atom is 0.272 e. The average molecular weight is 429 g/mol. The summed E-state index contributed by atoms with van der Waals surface area (Å²) in [5.41, 5.74) is 1.03. The summed E-state index contributed by atoms with van der Waals surface area (Å²) in [5.74, 6) is -0.478. The second-order valence-corrected chi connectivity index (χ2v) is 8.71. The molecule has 0 atom stereocenters. The Balaban J connectivity index is 1.80. The highest BCUT2D eigenvalue weighted by Gasteiger charge is 2.25. The summed E-state index contributed by atoms with van der Waals surface area (Å²) in [5, 5.41) is 2.67. The fourth-order valence-corrected chi connectivity index (χ4v) is 4.66. The van der Waals surface area contributed by atoms with Crippen molar-refractivity contribution in [1.29, 1.82) is 0 Å². The van der Waals surface area contributed by atoms with Crippen molar-refractivity contribution < 1.29 is 22.3 Å². The van der Waals surface area contributed by atoms with Gasteiger partial charge in [-0.15, -0.1) is 4.83 Å². The number of aryl methyl sites for hydroxylation is 2. The number of hydrogen-bond donors (Lipinski definition) is 2. The number of anilines is 1. The first-order valence-electron chi connectivity index (χ1n) is 8.58. The van der Waals surface area contributed by atoms with Crippen LogP contribution in [-0.2, 0) is 21.3 Å². The Morgan fingerprint density at radius 1 is 1.36 bits per heavy atom. The minimum atomic E-state index is -3.84. The summed E-state index contributed by atoms with van der Waals surface area (Å²) in [6.45, 7) is 4.65. The summed E-state index contributed by atoms with van der Waals surface area (Å²) in [6.07, 6.45) is 1.41. The van der Waals surface area contributed by atoms with Crippen LogP contribution in [0.3, 0.4) is 0 Å². The third-order valence-electron chi connectivity index (χ3n) is 4.12. The molecule has 11 heteroatoms. The van der Waals surface area contributed by atoms with Crippen molar-refractivity contribution in [3.05, 3.63) is 47.5 Å². The van der Waals surface area contributed by atoms with Gasteiger partial charge in [-0.2, -0.15) is 4.41 Å². The molecule has 1 aromatic carbocycles. The molecule has 2 aromatic rings. The summed E-state index contributed by atoms with van der Waals surface area (Å²) in [4.78, 5) is 15.1. The van der Waals surface area contributed by atoms with Gasteiger partial charge in [0.25, 0.3) is 15.9 Å². The van der Waals surface area contributed by atoms with E-state index >= 15 is 0 Å². The Labute approximate surface area is 167 Å². The van der Waals surface area contributed by atoms with Crippen LogP contribution in [0.15, 0.2) is 35.4 Å². The van der Waals surface area contributed by atoms with E-state index in [1.807, 2.05) is 0 Å². The molecular formula is C17H21FN4O4S2. The van der Waals surface area contributed by atoms with Crippen LogP contribution < -0.4 is 10.1 Å². The Morgan fingerprint density at radius 2 is 2.14 bits per heavy atom. The maximum absolute atomic E-state index is 13.4. The molecule has 1 fully saturated rings. The van der Waals surface area contributed by atoms with Gasteiger partial charge < -0.3 is 14.6 Å². The molecule has 0 bridgehead atoms. The lowest BCUT2D eigenvalue weighted by atomic mass is 10.2. The fraction of sp³-hybridized carbons (Fsp3) is 0.353. The lowest BCUT2D eigenvalue weighted by Gasteiger charge is -2.25. The number of hydrazine groups is 1. The molecule has 0 spiro atoms. The fourth-order valence-electron chi connectivity index (χ4n) is 2.63. The van der Waals surface area contributed by atoms with E-state index < -0.39 is 15.9 Å². The maximum atomic E-state index is 13.4. The number of carbonyl (C=O) groups excluding carboxylic acids is 1. The lowest BCUT2D eigenvalue weighted by molar-refractivity contribution is 0.101. The number of sulfonamides is 1. The van der Waals surface area contributed by atoms with E-state index in [0.717, 1.165) is 0 Å². The third kappa shape index (κ3) is 4.73. The lowest BCUT2D eigenvalue weighted by Crippen LogP contribution is -2.41. The molecule has 1 saturated heterocycles. The first-order valence-corrected chi connectivity index (χ1v) is 11.0. The van der Waals surface area contributed by atoms with E-state index in [9.17, 15) is 17.6 Å². The van der Waals surface area contributed by atoms with Crippen LogP contribution in [-0.4, -0.2) is 42.4 Å². The second kappa shape index (κ2) is 8.62. The van der Waals surface area contributed by atoms with Crippen LogP contribution in [0.4, 0.5) is 10.1 Å². The Bertz CT molecular complexity index is 972. The molecule has 28 heavy (non-hydrogen) atoms. The van der Waals surface area contributed by atoms with Gasteiger partial charge in [0.15, 0.2) is 0 Å². The first-order chi connectivity index (χ1) is 13.3. The quantitative estimate of drug-likeness (QED) is 0.686. The third-order valence-corrected chi connectivity index (χ3v) is 6.40. The molecule has 2 N–H and O–H groups in total. The van der Waals surface area contributed by atoms with Gasteiger partial charge in [-0.05, 0) is 55.6 Å². The SMILES string of the molecule is CCn1cc(S(=O)(=O)NN2CCOCS2)cc1C(=O)Nc1ccc(F)c(C)c1. The van der Waals surface area contributed by atoms with Crippen molar-refractivity contribution >= 4 is 33.6 Å². The van der Waals surface area contributed by atoms with Crippen molar-refractivity contribution in [1.82, 2.24) is 13.8 Å². The number of benzene rings is 1. The molecule has 3 rings (SSSR count). The summed E-state index contributed by atoms with van der Waals surface area (Å²) in [6, 6.07) is 5.56. The van der Waals surface area contributed by atoms with Gasteiger partial charge in [-0.3, -0.25) is 4.79 Å². The normalized spacial score (nSPS) is 15.5. The molecule has 1 amide bonds. The van der Waals surface area contributed by atoms with Gasteiger partial charge in [-0.1, -0.05) is 0 Å². The van der Waals surface area contributed by atoms with Gasteiger partial charge in [0.2, 0.25) is 0 Å². The number of nitrogens with zero attached hydrogens (tertiary/aromatic N) is 2. The number of rotatable bonds is 6. The summed E-state index contributed by atoms with van der Waals surface area (Å²) < 4.78 is 46.9. The molecule has 0 aliphatic carbocycles. The zero-order chi connectivity index (χ0) is 20.3. The highest BCUT2D eigenvalue weighted by atomic mass is 32.2. The van der Waals surface area contributed by atoms with E-state index in [0.29, 0.717) is 36.9 Å². The zero-order valence-corrected chi connectivity index (χ0v) is 17.1. The van der Waals surface area contributed by atoms with E-state index in [-0.39, 0.29) is 16.4 Å². The molecule has 2 heterocycles. The van der Waals surface area contributed by atoms with Crippen LogP contribution >= 0.6 is 11.9 Å². The van der Waals surface area contributed by atoms with Crippen LogP contribution in [0, 0.1) is 12.7 Å². The monoisotopic (exact) mass is 428 g/mol. The minimum absolute atomic E-state index is 0.0121. The molecule has 0 saturated carbocycles. The second-order valence-electron chi connectivity index (χ2n) is 6.12. The Hall–Kier alpha value is -1.92. The summed E-state index contributed by atoms with van der Waals surface area (Å²) >= 11 is 1.22. The van der Waals surface area contributed by atoms with Gasteiger partial charge in [0.05, 0.1) is 6.61 Å². The van der Waals surface area contributed by atoms with Gasteiger partial charge in [0.1, 0.15) is 22.3 Å². The van der Waals surface area contributed by atoms with Crippen LogP contribution in [0.1, 0.15) is 23.0 Å². The minimum Gasteiger partial charge on any atom is -0.368 e. The number of ether oxygens (including phenoxy) is 1. The summed E-state index contributed by atoms with van der Waals surface area (Å²) in [7, 11) is -3.84. The molecule has 152 valence electrons. The number of carbonyl (C=O) groups is 1. The van der Waals surface area contributed by atoms with Crippen molar-refractivity contribution in [3.63, 3.8) is 0 Å². The number of aromatic nitrogens is 1. The Morgan fingerprint density at radius 3 is 2.79 bits per heavy atom. The predicted octanol–water partition coefficient (Wildman–Crippen LogP) is 2.34. The number of hydrogen-bond acceptors (Lipinski definition) is 6. The molecule has 1 aliphatic heterocycles. The Kier molecular flexibility index (Phi) is 6.40. The van der Waals surface area contributed by atoms with E-state index in [1.54, 1.807) is 18.4 Å². The van der Waals surface area contributed by atoms with E-state index in [4.69, 9.17) is 4.74 Å². The standard InChI is InChI=1S/C17H21FN4O4S2/c1-3-21-10-14(28(24,25)20-22-6-7-26-11-27-22)9-16(21)17(23)19-13-4-5-15(18)12(2)8-13/h4-5,8-10,20H,3,6-7,11H2,1-2H3,(H,19,23). The highest BCUT2D eigenvalue weighted by Crippen LogP contribution is 2.20. The molecule has 0 radical (unpaired) electrons. The highest BCUT2D eigenvalue weighted by molar-refractivity contribution is 7.97. The van der Waals surface area contributed by atoms with E-state index in [2.05, 4.69) is 10.1 Å². The van der Waals surface area contributed by atoms with Crippen molar-refractivity contribution in [3.8, 4) is 0 Å². The van der Waals surface area contributed by atoms with Gasteiger partial charge >= 0.3 is 0 Å². The average Bonchev–Trinajstić information content (AvgIpc) is 3.11. The molecule has 8 nitrogen and oxygen atoms in total. The number of halogens is 1. The van der Waals surface area contributed by atoms with Crippen LogP contribution in [0.25, 0.3) is 0 Å². The molecule has 0 unspecified atom stereocenters. The molecule has 1 aromatic heterocycles. The predicted molar refractivity (Wildman–Crippen MR) is 105 cm³/mol. The van der Waals surface area contributed by atoms with Crippen LogP contribution in [0.2, 0.25) is 0 Å². The van der Waals surface area contributed by atoms with Crippen molar-refractivity contribution in [2.45, 2.75) is 25.3 Å². The number of amides is 1. The van der Waals surface area contributed by atoms with Crippen molar-refractivity contribution in [2.24, 2.45) is 0 Å². The molecule has 1 aliphatic rings. The topological polar surface area (TPSA) is 92.7 Å². The molecular weight excluding hydrogens is 407 g/mol. The zero-order valence-electron chi connectivity index (χ0n) is 15.4.